The summed E-state index contributed by atoms with van der Waals surface area (Å²) in [5.41, 5.74) is 7.96. The zero-order valence-electron chi connectivity index (χ0n) is 22.1. The Balaban J connectivity index is -0.000000151. The largest absolute Gasteiger partial charge is 1.00 e. The number of hydrogen-bond donors (Lipinski definition) is 4. The molecule has 0 radical (unpaired) electrons. The molecule has 0 saturated heterocycles. The van der Waals surface area contributed by atoms with Crippen molar-refractivity contribution in [1.29, 1.82) is 0 Å². The Kier molecular flexibility index (Phi) is 40.8. The molecule has 0 aromatic heterocycles. The average molecular weight is 795 g/mol. The van der Waals surface area contributed by atoms with Gasteiger partial charge in [0.25, 0.3) is 6.47 Å². The predicted molar refractivity (Wildman–Crippen MR) is 142 cm³/mol. The molecule has 39 heavy (non-hydrogen) atoms. The predicted octanol–water partition coefficient (Wildman–Crippen LogP) is -4.02. The number of hydrazine groups is 2. The monoisotopic (exact) mass is 792 g/mol. The summed E-state index contributed by atoms with van der Waals surface area (Å²) < 4.78 is 9.53. The maximum Gasteiger partial charge on any atom is 1.00 e. The summed E-state index contributed by atoms with van der Waals surface area (Å²) >= 11 is 8.54. The molecule has 2 aromatic carbocycles. The number of nitrogens with two attached hydrogens (primary N) is 1. The number of benzene rings is 2. The zero-order valence-corrected chi connectivity index (χ0v) is 32.1. The smallest absolute Gasteiger partial charge is 1.00 e. The van der Waals surface area contributed by atoms with E-state index >= 15 is 0 Å². The zero-order chi connectivity index (χ0) is 28.3. The molecule has 0 aliphatic rings. The SMILES string of the molecule is NNC(=O)OCc1ccccc1.O=C(Br)CBr.O=C(CBr)NNC(=O)OCc1ccccc1.O=CO[O-].[H-].[K+].[K+]. The topological polar surface area (TPSA) is 198 Å². The Hall–Kier alpha value is 0.223. The molecule has 0 aliphatic carbocycles. The van der Waals surface area contributed by atoms with Gasteiger partial charge in [0.1, 0.15) is 13.2 Å². The van der Waals surface area contributed by atoms with E-state index in [-0.39, 0.29) is 140 Å². The second kappa shape index (κ2) is 34.4. The van der Waals surface area contributed by atoms with Crippen molar-refractivity contribution < 1.29 is 148 Å². The molecule has 13 nitrogen and oxygen atoms in total. The molecule has 0 atom stereocenters. The number of alkyl halides is 2. The van der Waals surface area contributed by atoms with Crippen molar-refractivity contribution in [3.63, 3.8) is 0 Å². The summed E-state index contributed by atoms with van der Waals surface area (Å²) in [6.07, 6.45) is -1.32. The molecule has 0 spiro atoms. The second-order valence-corrected chi connectivity index (χ2v) is 7.76. The van der Waals surface area contributed by atoms with Crippen LogP contribution >= 0.6 is 47.8 Å². The van der Waals surface area contributed by atoms with Crippen LogP contribution in [0.25, 0.3) is 0 Å². The second-order valence-electron chi connectivity index (χ2n) is 5.76. The minimum absolute atomic E-state index is 0. The van der Waals surface area contributed by atoms with Crippen molar-refractivity contribution in [3.05, 3.63) is 71.8 Å². The van der Waals surface area contributed by atoms with E-state index in [4.69, 9.17) is 25.4 Å². The molecular weight excluding hydrogens is 770 g/mol. The Bertz CT molecular complexity index is 929. The van der Waals surface area contributed by atoms with Gasteiger partial charge in [-0.05, 0) is 27.1 Å². The van der Waals surface area contributed by atoms with Crippen molar-refractivity contribution in [2.45, 2.75) is 13.2 Å². The number of carbonyl (C=O) groups excluding carboxylic acids is 5. The van der Waals surface area contributed by atoms with Crippen LogP contribution in [0.3, 0.4) is 0 Å². The molecule has 0 unspecified atom stereocenters. The first-order valence-corrected chi connectivity index (χ1v) is 12.7. The van der Waals surface area contributed by atoms with Crippen LogP contribution in [0.1, 0.15) is 12.6 Å². The molecule has 0 bridgehead atoms. The number of carbonyl (C=O) groups is 5. The first-order valence-electron chi connectivity index (χ1n) is 9.69. The molecule has 2 aromatic rings. The summed E-state index contributed by atoms with van der Waals surface area (Å²) in [5.74, 6) is 4.46. The van der Waals surface area contributed by atoms with Crippen LogP contribution in [0.4, 0.5) is 9.59 Å². The summed E-state index contributed by atoms with van der Waals surface area (Å²) in [6, 6.07) is 18.6. The standard InChI is InChI=1S/C10H11BrN2O3.C8H10N2O2.C2H2Br2O.CH2O3.2K.H/c11-6-9(14)12-13-10(15)16-7-8-4-2-1-3-5-8;9-10-8(11)12-6-7-4-2-1-3-5-7;3-1-2(4)5;2-1-4-3;;;/h1-5H,6-7H2,(H,12,14)(H,13,15);1-5H,6,9H2,(H,10,11);1H2;1,3H;;;/q;;;;2*+1;-1/p-1. The van der Waals surface area contributed by atoms with E-state index in [0.717, 1.165) is 11.1 Å². The van der Waals surface area contributed by atoms with Crippen LogP contribution in [-0.2, 0) is 42.0 Å². The van der Waals surface area contributed by atoms with Gasteiger partial charge in [0, 0.05) is 0 Å². The van der Waals surface area contributed by atoms with E-state index < -0.39 is 12.2 Å². The van der Waals surface area contributed by atoms with E-state index in [1.165, 1.54) is 0 Å². The van der Waals surface area contributed by atoms with Gasteiger partial charge in [0.2, 0.25) is 10.6 Å². The van der Waals surface area contributed by atoms with E-state index in [1.807, 2.05) is 66.1 Å². The molecule has 18 heteroatoms. The van der Waals surface area contributed by atoms with Gasteiger partial charge in [0.15, 0.2) is 0 Å². The van der Waals surface area contributed by atoms with E-state index in [9.17, 15) is 19.2 Å². The maximum atomic E-state index is 11.1. The Morgan fingerprint density at radius 3 is 1.51 bits per heavy atom. The van der Waals surface area contributed by atoms with Gasteiger partial charge in [-0.15, -0.1) is 0 Å². The normalized spacial score (nSPS) is 8.13. The van der Waals surface area contributed by atoms with Gasteiger partial charge < -0.3 is 21.0 Å². The number of ether oxygens (including phenoxy) is 2. The van der Waals surface area contributed by atoms with Crippen LogP contribution in [0.5, 0.6) is 0 Å². The van der Waals surface area contributed by atoms with Gasteiger partial charge in [0.05, 0.1) is 10.7 Å². The summed E-state index contributed by atoms with van der Waals surface area (Å²) in [4.78, 5) is 53.3. The summed E-state index contributed by atoms with van der Waals surface area (Å²) in [7, 11) is 0. The van der Waals surface area contributed by atoms with Gasteiger partial charge in [-0.3, -0.25) is 25.2 Å². The third kappa shape index (κ3) is 34.3. The number of nitrogens with one attached hydrogen (secondary N) is 3. The molecule has 206 valence electrons. The molecular formula is C21H25Br3K2N4O9. The molecule has 0 saturated carbocycles. The maximum absolute atomic E-state index is 11.1. The molecule has 3 amide bonds. The fourth-order valence-corrected chi connectivity index (χ4v) is 1.82. The number of amides is 3. The molecule has 2 rings (SSSR count). The van der Waals surface area contributed by atoms with Gasteiger partial charge in [-0.2, -0.15) is 0 Å². The van der Waals surface area contributed by atoms with Crippen molar-refractivity contribution in [2.24, 2.45) is 5.84 Å². The van der Waals surface area contributed by atoms with Crippen molar-refractivity contribution >= 4 is 77.0 Å². The first kappa shape index (κ1) is 46.2. The van der Waals surface area contributed by atoms with Crippen molar-refractivity contribution in [1.82, 2.24) is 16.3 Å². The summed E-state index contributed by atoms with van der Waals surface area (Å²) in [6.45, 7) is 0.223. The minimum atomic E-state index is -0.696. The Labute approximate surface area is 337 Å². The third-order valence-electron chi connectivity index (χ3n) is 3.11. The number of rotatable bonds is 7. The third-order valence-corrected chi connectivity index (χ3v) is 5.16. The van der Waals surface area contributed by atoms with Crippen LogP contribution in [0.2, 0.25) is 0 Å². The van der Waals surface area contributed by atoms with Crippen molar-refractivity contribution in [2.75, 3.05) is 10.7 Å². The van der Waals surface area contributed by atoms with Crippen LogP contribution < -0.4 is 130 Å². The minimum Gasteiger partial charge on any atom is -1.00 e. The molecule has 0 heterocycles. The van der Waals surface area contributed by atoms with Crippen LogP contribution in [0, 0.1) is 0 Å². The van der Waals surface area contributed by atoms with Crippen LogP contribution in [-0.4, -0.2) is 39.9 Å². The van der Waals surface area contributed by atoms with Gasteiger partial charge >= 0.3 is 115 Å². The quantitative estimate of drug-likeness (QED) is 0.0313. The van der Waals surface area contributed by atoms with E-state index in [2.05, 4.69) is 63.5 Å². The van der Waals surface area contributed by atoms with E-state index in [1.54, 1.807) is 0 Å². The molecule has 0 fully saturated rings. The summed E-state index contributed by atoms with van der Waals surface area (Å²) in [5, 5.41) is 8.94. The number of hydrogen-bond acceptors (Lipinski definition) is 10. The Morgan fingerprint density at radius 1 is 0.821 bits per heavy atom. The van der Waals surface area contributed by atoms with Crippen LogP contribution in [0.15, 0.2) is 60.7 Å². The fraction of sp³-hybridized carbons (Fsp3) is 0.190. The van der Waals surface area contributed by atoms with E-state index in [0.29, 0.717) is 5.33 Å². The van der Waals surface area contributed by atoms with Gasteiger partial charge in [-0.1, -0.05) is 92.5 Å². The molecule has 0 aliphatic heterocycles. The number of halogens is 3. The first-order chi connectivity index (χ1) is 17.7. The average Bonchev–Trinajstić information content (AvgIpc) is 2.95. The Morgan fingerprint density at radius 2 is 1.21 bits per heavy atom. The fourth-order valence-electron chi connectivity index (χ4n) is 1.68. The molecule has 5 N–H and O–H groups in total. The van der Waals surface area contributed by atoms with Gasteiger partial charge in [-0.25, -0.2) is 20.9 Å². The van der Waals surface area contributed by atoms with Crippen molar-refractivity contribution in [3.8, 4) is 0 Å².